The molecule has 3 nitrogen and oxygen atoms in total. The van der Waals surface area contributed by atoms with Crippen LogP contribution in [0, 0.1) is 5.82 Å². The number of ether oxygens (including phenoxy) is 1. The molecule has 0 bridgehead atoms. The summed E-state index contributed by atoms with van der Waals surface area (Å²) in [4.78, 5) is 11.7. The van der Waals surface area contributed by atoms with Gasteiger partial charge in [-0.3, -0.25) is 4.79 Å². The summed E-state index contributed by atoms with van der Waals surface area (Å²) in [5.41, 5.74) is 0.281. The minimum absolute atomic E-state index is 0.0729. The highest BCUT2D eigenvalue weighted by molar-refractivity contribution is 9.10. The summed E-state index contributed by atoms with van der Waals surface area (Å²) in [6.45, 7) is 2.22. The van der Waals surface area contributed by atoms with Crippen LogP contribution in [0.15, 0.2) is 22.7 Å². The lowest BCUT2D eigenvalue weighted by atomic mass is 10.2. The first-order valence-electron chi connectivity index (χ1n) is 4.80. The van der Waals surface area contributed by atoms with E-state index in [1.54, 1.807) is 7.11 Å². The van der Waals surface area contributed by atoms with Crippen LogP contribution in [-0.4, -0.2) is 25.7 Å². The lowest BCUT2D eigenvalue weighted by molar-refractivity contribution is 0.0869. The van der Waals surface area contributed by atoms with Crippen molar-refractivity contribution in [3.63, 3.8) is 0 Å². The summed E-state index contributed by atoms with van der Waals surface area (Å²) in [6, 6.07) is 3.99. The summed E-state index contributed by atoms with van der Waals surface area (Å²) in [5, 5.41) is 2.66. The van der Waals surface area contributed by atoms with Crippen molar-refractivity contribution in [3.05, 3.63) is 34.1 Å². The molecule has 0 aliphatic heterocycles. The van der Waals surface area contributed by atoms with Crippen LogP contribution in [0.25, 0.3) is 0 Å². The maximum atomic E-state index is 12.9. The van der Waals surface area contributed by atoms with Gasteiger partial charge in [0.05, 0.1) is 11.7 Å². The second-order valence-corrected chi connectivity index (χ2v) is 4.23. The number of carbonyl (C=O) groups excluding carboxylic acids is 1. The van der Waals surface area contributed by atoms with E-state index in [0.717, 1.165) is 0 Å². The van der Waals surface area contributed by atoms with Crippen LogP contribution >= 0.6 is 15.9 Å². The molecule has 1 amide bonds. The fraction of sp³-hybridized carbons (Fsp3) is 0.364. The first kappa shape index (κ1) is 13.1. The molecule has 0 aromatic heterocycles. The Kier molecular flexibility index (Phi) is 4.89. The molecule has 0 fully saturated rings. The van der Waals surface area contributed by atoms with Crippen molar-refractivity contribution in [1.82, 2.24) is 5.32 Å². The minimum atomic E-state index is -0.437. The molecule has 0 saturated carbocycles. The van der Waals surface area contributed by atoms with Crippen molar-refractivity contribution in [2.45, 2.75) is 13.0 Å². The van der Waals surface area contributed by atoms with E-state index in [9.17, 15) is 9.18 Å². The molecule has 0 aliphatic rings. The van der Waals surface area contributed by atoms with Gasteiger partial charge in [-0.05, 0) is 41.1 Å². The fourth-order valence-corrected chi connectivity index (χ4v) is 1.51. The van der Waals surface area contributed by atoms with E-state index in [4.69, 9.17) is 4.74 Å². The van der Waals surface area contributed by atoms with Crippen LogP contribution in [0.5, 0.6) is 0 Å². The third-order valence-electron chi connectivity index (χ3n) is 2.13. The molecule has 1 rings (SSSR count). The van der Waals surface area contributed by atoms with Crippen LogP contribution in [0.3, 0.4) is 0 Å². The average Bonchev–Trinajstić information content (AvgIpc) is 2.28. The molecule has 5 heteroatoms. The van der Waals surface area contributed by atoms with Gasteiger partial charge in [0.15, 0.2) is 0 Å². The molecule has 1 N–H and O–H groups in total. The van der Waals surface area contributed by atoms with Gasteiger partial charge < -0.3 is 10.1 Å². The topological polar surface area (TPSA) is 38.3 Å². The lowest BCUT2D eigenvalue weighted by Crippen LogP contribution is -2.31. The summed E-state index contributed by atoms with van der Waals surface area (Å²) >= 11 is 3.20. The van der Waals surface area contributed by atoms with Gasteiger partial charge in [-0.2, -0.15) is 0 Å². The molecule has 0 heterocycles. The second kappa shape index (κ2) is 5.96. The molecule has 1 unspecified atom stereocenters. The second-order valence-electron chi connectivity index (χ2n) is 3.38. The maximum Gasteiger partial charge on any atom is 0.252 e. The molecule has 0 radical (unpaired) electrons. The molecule has 1 aromatic carbocycles. The first-order chi connectivity index (χ1) is 7.54. The number of carbonyl (C=O) groups is 1. The van der Waals surface area contributed by atoms with E-state index in [0.29, 0.717) is 11.0 Å². The standard InChI is InChI=1S/C11H13BrFNO2/c1-7(16-2)6-14-11(15)9-5-8(13)3-4-10(9)12/h3-5,7H,6H2,1-2H3,(H,14,15). The highest BCUT2D eigenvalue weighted by atomic mass is 79.9. The molecule has 16 heavy (non-hydrogen) atoms. The van der Waals surface area contributed by atoms with Gasteiger partial charge in [-0.1, -0.05) is 0 Å². The summed E-state index contributed by atoms with van der Waals surface area (Å²) in [5.74, 6) is -0.761. The Labute approximate surface area is 102 Å². The Bertz CT molecular complexity index is 384. The number of rotatable bonds is 4. The van der Waals surface area contributed by atoms with E-state index in [2.05, 4.69) is 21.2 Å². The van der Waals surface area contributed by atoms with Gasteiger partial charge in [-0.25, -0.2) is 4.39 Å². The van der Waals surface area contributed by atoms with Crippen molar-refractivity contribution in [2.24, 2.45) is 0 Å². The third kappa shape index (κ3) is 3.57. The zero-order valence-electron chi connectivity index (χ0n) is 9.09. The van der Waals surface area contributed by atoms with E-state index < -0.39 is 5.82 Å². The summed E-state index contributed by atoms with van der Waals surface area (Å²) in [7, 11) is 1.56. The maximum absolute atomic E-state index is 12.9. The SMILES string of the molecule is COC(C)CNC(=O)c1cc(F)ccc1Br. The van der Waals surface area contributed by atoms with Crippen molar-refractivity contribution in [1.29, 1.82) is 0 Å². The predicted molar refractivity (Wildman–Crippen MR) is 62.9 cm³/mol. The molecule has 0 aliphatic carbocycles. The highest BCUT2D eigenvalue weighted by Gasteiger charge is 2.11. The Hall–Kier alpha value is -0.940. The van der Waals surface area contributed by atoms with Crippen molar-refractivity contribution in [3.8, 4) is 0 Å². The number of hydrogen-bond donors (Lipinski definition) is 1. The van der Waals surface area contributed by atoms with Gasteiger partial charge in [0.25, 0.3) is 5.91 Å². The number of halogens is 2. The van der Waals surface area contributed by atoms with Crippen molar-refractivity contribution in [2.75, 3.05) is 13.7 Å². The predicted octanol–water partition coefficient (Wildman–Crippen LogP) is 2.35. The number of methoxy groups -OCH3 is 1. The van der Waals surface area contributed by atoms with Crippen LogP contribution in [0.2, 0.25) is 0 Å². The number of benzene rings is 1. The van der Waals surface area contributed by atoms with Crippen LogP contribution < -0.4 is 5.32 Å². The van der Waals surface area contributed by atoms with Gasteiger partial charge in [-0.15, -0.1) is 0 Å². The van der Waals surface area contributed by atoms with Crippen LogP contribution in [0.1, 0.15) is 17.3 Å². The number of nitrogens with one attached hydrogen (secondary N) is 1. The average molecular weight is 290 g/mol. The number of hydrogen-bond acceptors (Lipinski definition) is 2. The van der Waals surface area contributed by atoms with Gasteiger partial charge >= 0.3 is 0 Å². The summed E-state index contributed by atoms with van der Waals surface area (Å²) < 4.78 is 18.5. The highest BCUT2D eigenvalue weighted by Crippen LogP contribution is 2.17. The summed E-state index contributed by atoms with van der Waals surface area (Å²) in [6.07, 6.45) is -0.0729. The largest absolute Gasteiger partial charge is 0.380 e. The zero-order valence-corrected chi connectivity index (χ0v) is 10.7. The fourth-order valence-electron chi connectivity index (χ4n) is 1.09. The van der Waals surface area contributed by atoms with E-state index in [-0.39, 0.29) is 17.6 Å². The first-order valence-corrected chi connectivity index (χ1v) is 5.60. The van der Waals surface area contributed by atoms with Crippen molar-refractivity contribution >= 4 is 21.8 Å². The molecule has 1 atom stereocenters. The molecule has 0 spiro atoms. The van der Waals surface area contributed by atoms with Gasteiger partial charge in [0, 0.05) is 18.1 Å². The molecule has 0 saturated heterocycles. The Morgan fingerprint density at radius 3 is 2.94 bits per heavy atom. The van der Waals surface area contributed by atoms with Crippen LogP contribution in [-0.2, 0) is 4.74 Å². The van der Waals surface area contributed by atoms with E-state index in [1.807, 2.05) is 6.92 Å². The quantitative estimate of drug-likeness (QED) is 0.924. The smallest absolute Gasteiger partial charge is 0.252 e. The van der Waals surface area contributed by atoms with E-state index >= 15 is 0 Å². The molecular weight excluding hydrogens is 277 g/mol. The normalized spacial score (nSPS) is 12.2. The van der Waals surface area contributed by atoms with Crippen LogP contribution in [0.4, 0.5) is 4.39 Å². The minimum Gasteiger partial charge on any atom is -0.380 e. The molecular formula is C11H13BrFNO2. The number of amides is 1. The Balaban J connectivity index is 2.69. The monoisotopic (exact) mass is 289 g/mol. The van der Waals surface area contributed by atoms with Gasteiger partial charge in [0.2, 0.25) is 0 Å². The Morgan fingerprint density at radius 1 is 1.62 bits per heavy atom. The Morgan fingerprint density at radius 2 is 2.31 bits per heavy atom. The zero-order chi connectivity index (χ0) is 12.1. The van der Waals surface area contributed by atoms with E-state index in [1.165, 1.54) is 18.2 Å². The van der Waals surface area contributed by atoms with Crippen molar-refractivity contribution < 1.29 is 13.9 Å². The van der Waals surface area contributed by atoms with Gasteiger partial charge in [0.1, 0.15) is 5.82 Å². The molecule has 88 valence electrons. The molecule has 1 aromatic rings. The third-order valence-corrected chi connectivity index (χ3v) is 2.82. The lowest BCUT2D eigenvalue weighted by Gasteiger charge is -2.11.